The molecule has 0 atom stereocenters. The number of aromatic hydroxyl groups is 2. The average molecular weight is 318 g/mol. The molecule has 0 saturated carbocycles. The van der Waals surface area contributed by atoms with Crippen molar-refractivity contribution in [1.82, 2.24) is 0 Å². The Morgan fingerprint density at radius 1 is 0.789 bits per heavy atom. The van der Waals surface area contributed by atoms with Crippen LogP contribution in [0.1, 0.15) is 11.1 Å². The molecule has 0 aliphatic heterocycles. The van der Waals surface area contributed by atoms with Gasteiger partial charge in [-0.2, -0.15) is 0 Å². The fraction of sp³-hybridized carbons (Fsp3) is 0.143. The summed E-state index contributed by atoms with van der Waals surface area (Å²) in [5.74, 6) is 0.0728. The highest BCUT2D eigenvalue weighted by Gasteiger charge is 2.08. The zero-order valence-corrected chi connectivity index (χ0v) is 12.1. The second-order valence-corrected chi connectivity index (χ2v) is 5.41. The number of benzene rings is 2. The molecule has 0 radical (unpaired) electrons. The molecule has 0 fully saturated rings. The Kier molecular flexibility index (Phi) is 4.46. The number of phenols is 2. The van der Waals surface area contributed by atoms with Gasteiger partial charge in [0.15, 0.2) is 5.75 Å². The molecule has 0 bridgehead atoms. The van der Waals surface area contributed by atoms with Gasteiger partial charge in [-0.3, -0.25) is 0 Å². The summed E-state index contributed by atoms with van der Waals surface area (Å²) in [5, 5.41) is 20.0. The van der Waals surface area contributed by atoms with Gasteiger partial charge in [0.1, 0.15) is 5.75 Å². The standard InChI is InChI=1S/C14H11Cl3O2/c15-11-4-3-10(18)7-9(11)2-1-8-5-12(16)14(19)13(17)6-8/h3-7,18-19H,1-2H2. The van der Waals surface area contributed by atoms with Gasteiger partial charge in [-0.15, -0.1) is 0 Å². The fourth-order valence-electron chi connectivity index (χ4n) is 1.79. The fourth-order valence-corrected chi connectivity index (χ4v) is 2.54. The van der Waals surface area contributed by atoms with Gasteiger partial charge < -0.3 is 10.2 Å². The molecular weight excluding hydrogens is 307 g/mol. The highest BCUT2D eigenvalue weighted by Crippen LogP contribution is 2.33. The van der Waals surface area contributed by atoms with Gasteiger partial charge in [-0.25, -0.2) is 0 Å². The average Bonchev–Trinajstić information content (AvgIpc) is 2.37. The van der Waals surface area contributed by atoms with Crippen molar-refractivity contribution in [3.8, 4) is 11.5 Å². The molecule has 0 saturated heterocycles. The molecular formula is C14H11Cl3O2. The molecule has 2 rings (SSSR count). The quantitative estimate of drug-likeness (QED) is 0.850. The van der Waals surface area contributed by atoms with Gasteiger partial charge >= 0.3 is 0 Å². The lowest BCUT2D eigenvalue weighted by Crippen LogP contribution is -1.93. The lowest BCUT2D eigenvalue weighted by Gasteiger charge is -2.07. The van der Waals surface area contributed by atoms with Crippen molar-refractivity contribution in [2.24, 2.45) is 0 Å². The SMILES string of the molecule is Oc1ccc(Cl)c(CCc2cc(Cl)c(O)c(Cl)c2)c1. The summed E-state index contributed by atoms with van der Waals surface area (Å²) in [5.41, 5.74) is 1.74. The molecule has 19 heavy (non-hydrogen) atoms. The van der Waals surface area contributed by atoms with Gasteiger partial charge in [-0.05, 0) is 54.3 Å². The molecule has 2 N–H and O–H groups in total. The zero-order valence-electron chi connectivity index (χ0n) is 9.83. The Morgan fingerprint density at radius 2 is 1.42 bits per heavy atom. The number of aryl methyl sites for hydroxylation is 2. The first-order valence-electron chi connectivity index (χ1n) is 5.61. The molecule has 100 valence electrons. The minimum absolute atomic E-state index is 0.109. The van der Waals surface area contributed by atoms with E-state index in [1.54, 1.807) is 30.3 Å². The highest BCUT2D eigenvalue weighted by molar-refractivity contribution is 6.37. The van der Waals surface area contributed by atoms with E-state index in [1.807, 2.05) is 0 Å². The first-order chi connectivity index (χ1) is 8.97. The predicted octanol–water partition coefficient (Wildman–Crippen LogP) is 4.84. The van der Waals surface area contributed by atoms with E-state index in [-0.39, 0.29) is 21.5 Å². The van der Waals surface area contributed by atoms with Crippen LogP contribution in [0.25, 0.3) is 0 Å². The van der Waals surface area contributed by atoms with Crippen molar-refractivity contribution in [3.05, 3.63) is 56.5 Å². The Bertz CT molecular complexity index is 589. The van der Waals surface area contributed by atoms with E-state index in [0.717, 1.165) is 11.1 Å². The first kappa shape index (κ1) is 14.3. The molecule has 0 unspecified atom stereocenters. The van der Waals surface area contributed by atoms with Crippen molar-refractivity contribution >= 4 is 34.8 Å². The second-order valence-electron chi connectivity index (χ2n) is 4.18. The maximum absolute atomic E-state index is 9.48. The Balaban J connectivity index is 2.17. The number of phenolic OH excluding ortho intramolecular Hbond substituents is 2. The lowest BCUT2D eigenvalue weighted by molar-refractivity contribution is 0.474. The normalized spacial score (nSPS) is 10.7. The van der Waals surface area contributed by atoms with Gasteiger partial charge in [0.05, 0.1) is 10.0 Å². The summed E-state index contributed by atoms with van der Waals surface area (Å²) >= 11 is 17.8. The van der Waals surface area contributed by atoms with Crippen LogP contribution in [0.3, 0.4) is 0 Å². The van der Waals surface area contributed by atoms with Crippen LogP contribution in [0.5, 0.6) is 11.5 Å². The van der Waals surface area contributed by atoms with Crippen LogP contribution < -0.4 is 0 Å². The number of hydrogen-bond donors (Lipinski definition) is 2. The third-order valence-electron chi connectivity index (χ3n) is 2.79. The third-order valence-corrected chi connectivity index (χ3v) is 3.73. The topological polar surface area (TPSA) is 40.5 Å². The second kappa shape index (κ2) is 5.91. The van der Waals surface area contributed by atoms with Crippen LogP contribution in [0.4, 0.5) is 0 Å². The Labute approximate surface area is 126 Å². The van der Waals surface area contributed by atoms with Crippen molar-refractivity contribution in [2.45, 2.75) is 12.8 Å². The molecule has 5 heteroatoms. The molecule has 2 aromatic rings. The van der Waals surface area contributed by atoms with Gasteiger partial charge in [-0.1, -0.05) is 34.8 Å². The summed E-state index contributed by atoms with van der Waals surface area (Å²) in [7, 11) is 0. The Morgan fingerprint density at radius 3 is 2.05 bits per heavy atom. The predicted molar refractivity (Wildman–Crippen MR) is 78.7 cm³/mol. The minimum atomic E-state index is -0.109. The Hall–Kier alpha value is -1.09. The van der Waals surface area contributed by atoms with Crippen LogP contribution in [0, 0.1) is 0 Å². The molecule has 0 spiro atoms. The summed E-state index contributed by atoms with van der Waals surface area (Å²) in [4.78, 5) is 0. The van der Waals surface area contributed by atoms with E-state index >= 15 is 0 Å². The minimum Gasteiger partial charge on any atom is -0.508 e. The smallest absolute Gasteiger partial charge is 0.152 e. The third kappa shape index (κ3) is 3.47. The summed E-state index contributed by atoms with van der Waals surface area (Å²) < 4.78 is 0. The van der Waals surface area contributed by atoms with Gasteiger partial charge in [0.25, 0.3) is 0 Å². The van der Waals surface area contributed by atoms with E-state index in [4.69, 9.17) is 34.8 Å². The maximum Gasteiger partial charge on any atom is 0.152 e. The van der Waals surface area contributed by atoms with E-state index < -0.39 is 0 Å². The molecule has 0 aliphatic carbocycles. The molecule has 0 amide bonds. The van der Waals surface area contributed by atoms with E-state index in [0.29, 0.717) is 17.9 Å². The van der Waals surface area contributed by atoms with Gasteiger partial charge in [0.2, 0.25) is 0 Å². The number of hydrogen-bond acceptors (Lipinski definition) is 2. The molecule has 2 nitrogen and oxygen atoms in total. The van der Waals surface area contributed by atoms with E-state index in [9.17, 15) is 10.2 Å². The van der Waals surface area contributed by atoms with Gasteiger partial charge in [0, 0.05) is 5.02 Å². The largest absolute Gasteiger partial charge is 0.508 e. The molecule has 0 aliphatic rings. The van der Waals surface area contributed by atoms with Crippen molar-refractivity contribution in [2.75, 3.05) is 0 Å². The summed E-state index contributed by atoms with van der Waals surface area (Å²) in [6, 6.07) is 8.16. The monoisotopic (exact) mass is 316 g/mol. The molecule has 0 heterocycles. The number of rotatable bonds is 3. The van der Waals surface area contributed by atoms with Crippen molar-refractivity contribution < 1.29 is 10.2 Å². The zero-order chi connectivity index (χ0) is 14.0. The van der Waals surface area contributed by atoms with E-state index in [1.165, 1.54) is 0 Å². The summed E-state index contributed by atoms with van der Waals surface area (Å²) in [6.45, 7) is 0. The summed E-state index contributed by atoms with van der Waals surface area (Å²) in [6.07, 6.45) is 1.30. The maximum atomic E-state index is 9.48. The van der Waals surface area contributed by atoms with Crippen LogP contribution in [-0.2, 0) is 12.8 Å². The molecule has 0 aromatic heterocycles. The lowest BCUT2D eigenvalue weighted by atomic mass is 10.0. The highest BCUT2D eigenvalue weighted by atomic mass is 35.5. The first-order valence-corrected chi connectivity index (χ1v) is 6.75. The van der Waals surface area contributed by atoms with Crippen molar-refractivity contribution in [3.63, 3.8) is 0 Å². The number of halogens is 3. The van der Waals surface area contributed by atoms with Crippen LogP contribution in [0.15, 0.2) is 30.3 Å². The molecule has 2 aromatic carbocycles. The van der Waals surface area contributed by atoms with Crippen LogP contribution >= 0.6 is 34.8 Å². The van der Waals surface area contributed by atoms with E-state index in [2.05, 4.69) is 0 Å². The van der Waals surface area contributed by atoms with Crippen molar-refractivity contribution in [1.29, 1.82) is 0 Å². The van der Waals surface area contributed by atoms with Crippen LogP contribution in [0.2, 0.25) is 15.1 Å². The van der Waals surface area contributed by atoms with Crippen LogP contribution in [-0.4, -0.2) is 10.2 Å².